The summed E-state index contributed by atoms with van der Waals surface area (Å²) in [4.78, 5) is 24.0. The van der Waals surface area contributed by atoms with Gasteiger partial charge in [0.2, 0.25) is 6.29 Å². The molecule has 1 saturated heterocycles. The fourth-order valence-corrected chi connectivity index (χ4v) is 3.86. The summed E-state index contributed by atoms with van der Waals surface area (Å²) in [6.45, 7) is 0. The van der Waals surface area contributed by atoms with Crippen LogP contribution in [0.4, 0.5) is 0 Å². The molecule has 0 spiro atoms. The lowest BCUT2D eigenvalue weighted by atomic mass is 9.95. The zero-order valence-electron chi connectivity index (χ0n) is 17.7. The van der Waals surface area contributed by atoms with Gasteiger partial charge in [-0.2, -0.15) is 0 Å². The number of carbonyl (C=O) groups excluding carboxylic acids is 1. The number of aromatic hydroxyl groups is 2. The molecule has 0 saturated carbocycles. The highest BCUT2D eigenvalue weighted by molar-refractivity contribution is 6.02. The molecule has 2 aromatic rings. The van der Waals surface area contributed by atoms with Gasteiger partial charge >= 0.3 is 5.97 Å². The molecule has 2 aliphatic heterocycles. The van der Waals surface area contributed by atoms with Crippen molar-refractivity contribution in [1.82, 2.24) is 0 Å². The highest BCUT2D eigenvalue weighted by Crippen LogP contribution is 2.43. The molecule has 2 aliphatic rings. The second kappa shape index (κ2) is 8.99. The van der Waals surface area contributed by atoms with Gasteiger partial charge in [-0.25, -0.2) is 4.79 Å². The zero-order valence-corrected chi connectivity index (χ0v) is 17.7. The van der Waals surface area contributed by atoms with Gasteiger partial charge in [-0.3, -0.25) is 4.79 Å². The van der Waals surface area contributed by atoms with Crippen molar-refractivity contribution >= 4 is 11.8 Å². The number of carboxylic acid groups (broad SMARTS) is 1. The lowest BCUT2D eigenvalue weighted by Gasteiger charge is -2.38. The van der Waals surface area contributed by atoms with Crippen molar-refractivity contribution in [1.29, 1.82) is 0 Å². The summed E-state index contributed by atoms with van der Waals surface area (Å²) in [6, 6.07) is 6.76. The molecule has 12 heteroatoms. The van der Waals surface area contributed by atoms with E-state index in [0.29, 0.717) is 5.56 Å². The second-order valence-electron chi connectivity index (χ2n) is 7.83. The Labute approximate surface area is 192 Å². The molecule has 1 unspecified atom stereocenters. The molecule has 34 heavy (non-hydrogen) atoms. The van der Waals surface area contributed by atoms with E-state index in [4.69, 9.17) is 24.1 Å². The summed E-state index contributed by atoms with van der Waals surface area (Å²) in [5.74, 6) is -2.67. The first-order chi connectivity index (χ1) is 16.1. The van der Waals surface area contributed by atoms with Crippen LogP contribution in [0.5, 0.6) is 28.7 Å². The van der Waals surface area contributed by atoms with E-state index in [-0.39, 0.29) is 35.0 Å². The zero-order chi connectivity index (χ0) is 24.7. The summed E-state index contributed by atoms with van der Waals surface area (Å²) < 4.78 is 21.3. The monoisotopic (exact) mass is 478 g/mol. The predicted octanol–water partition coefficient (Wildman–Crippen LogP) is 0.0839. The van der Waals surface area contributed by atoms with Gasteiger partial charge in [-0.1, -0.05) is 6.07 Å². The Bertz CT molecular complexity index is 1120. The number of ether oxygens (including phenoxy) is 4. The number of carbonyl (C=O) groups is 2. The number of aliphatic carboxylic acids is 1. The minimum atomic E-state index is -1.90. The third-order valence-corrected chi connectivity index (χ3v) is 5.61. The van der Waals surface area contributed by atoms with Gasteiger partial charge in [0, 0.05) is 12.1 Å². The Hall–Kier alpha value is -3.58. The number of fused-ring (bicyclic) bond motifs is 1. The summed E-state index contributed by atoms with van der Waals surface area (Å²) in [5.41, 5.74) is 0.362. The topological polar surface area (TPSA) is 192 Å². The SMILES string of the molecule is COc1ccc(C2CC(=O)c3c(O)cc(O[C@@H]4O[C@H](C(=O)O)[C@@H](O)[C@H](O)[C@H]4O)cc3O2)cc1O. The Morgan fingerprint density at radius 2 is 1.76 bits per heavy atom. The second-order valence-corrected chi connectivity index (χ2v) is 7.83. The lowest BCUT2D eigenvalue weighted by molar-refractivity contribution is -0.271. The lowest BCUT2D eigenvalue weighted by Crippen LogP contribution is -2.61. The molecule has 4 rings (SSSR count). The predicted molar refractivity (Wildman–Crippen MR) is 110 cm³/mol. The smallest absolute Gasteiger partial charge is 0.335 e. The van der Waals surface area contributed by atoms with Gasteiger partial charge in [0.15, 0.2) is 23.4 Å². The van der Waals surface area contributed by atoms with Crippen LogP contribution in [0.15, 0.2) is 30.3 Å². The Morgan fingerprint density at radius 1 is 1.03 bits per heavy atom. The van der Waals surface area contributed by atoms with Gasteiger partial charge in [-0.15, -0.1) is 0 Å². The fourth-order valence-electron chi connectivity index (χ4n) is 3.86. The highest BCUT2D eigenvalue weighted by atomic mass is 16.7. The molecule has 12 nitrogen and oxygen atoms in total. The maximum atomic E-state index is 12.7. The number of hydrogen-bond acceptors (Lipinski definition) is 11. The Kier molecular flexibility index (Phi) is 6.23. The molecular weight excluding hydrogens is 456 g/mol. The minimum Gasteiger partial charge on any atom is -0.507 e. The van der Waals surface area contributed by atoms with Gasteiger partial charge in [0.25, 0.3) is 0 Å². The first-order valence-corrected chi connectivity index (χ1v) is 10.1. The third kappa shape index (κ3) is 4.19. The number of phenols is 2. The van der Waals surface area contributed by atoms with E-state index in [0.717, 1.165) is 6.07 Å². The van der Waals surface area contributed by atoms with Crippen molar-refractivity contribution in [2.75, 3.05) is 7.11 Å². The molecule has 2 aromatic carbocycles. The average molecular weight is 478 g/mol. The summed E-state index contributed by atoms with van der Waals surface area (Å²) in [7, 11) is 1.39. The van der Waals surface area contributed by atoms with E-state index in [2.05, 4.69) is 0 Å². The normalized spacial score (nSPS) is 28.5. The van der Waals surface area contributed by atoms with Gasteiger partial charge < -0.3 is 49.6 Å². The van der Waals surface area contributed by atoms with Crippen LogP contribution in [-0.2, 0) is 9.53 Å². The maximum absolute atomic E-state index is 12.7. The van der Waals surface area contributed by atoms with Crippen LogP contribution >= 0.6 is 0 Å². The molecule has 0 amide bonds. The number of phenolic OH excluding ortho intramolecular Hbond substituents is 2. The largest absolute Gasteiger partial charge is 0.507 e. The van der Waals surface area contributed by atoms with Crippen LogP contribution in [0.1, 0.15) is 28.4 Å². The van der Waals surface area contributed by atoms with Crippen molar-refractivity contribution in [3.63, 3.8) is 0 Å². The molecule has 182 valence electrons. The summed E-state index contributed by atoms with van der Waals surface area (Å²) in [6.07, 6.45) is -10.1. The molecule has 6 atom stereocenters. The number of carboxylic acids is 1. The summed E-state index contributed by atoms with van der Waals surface area (Å²) in [5, 5.41) is 59.5. The number of hydrogen-bond donors (Lipinski definition) is 6. The highest BCUT2D eigenvalue weighted by Gasteiger charge is 2.48. The van der Waals surface area contributed by atoms with Crippen LogP contribution in [0.3, 0.4) is 0 Å². The van der Waals surface area contributed by atoms with Crippen molar-refractivity contribution in [2.45, 2.75) is 43.2 Å². The number of ketones is 1. The van der Waals surface area contributed by atoms with E-state index in [1.807, 2.05) is 0 Å². The van der Waals surface area contributed by atoms with E-state index in [1.165, 1.54) is 25.3 Å². The Balaban J connectivity index is 1.60. The number of aliphatic hydroxyl groups excluding tert-OH is 3. The number of Topliss-reactive ketones (excluding diaryl/α,β-unsaturated/α-hetero) is 1. The molecule has 0 radical (unpaired) electrons. The van der Waals surface area contributed by atoms with Crippen LogP contribution in [0.25, 0.3) is 0 Å². The van der Waals surface area contributed by atoms with Crippen LogP contribution in [-0.4, -0.2) is 80.2 Å². The Morgan fingerprint density at radius 3 is 2.41 bits per heavy atom. The van der Waals surface area contributed by atoms with E-state index < -0.39 is 54.3 Å². The number of benzene rings is 2. The van der Waals surface area contributed by atoms with Gasteiger partial charge in [0.05, 0.1) is 13.5 Å². The average Bonchev–Trinajstić information content (AvgIpc) is 2.78. The van der Waals surface area contributed by atoms with Crippen molar-refractivity contribution in [3.8, 4) is 28.7 Å². The first-order valence-electron chi connectivity index (χ1n) is 10.1. The number of rotatable bonds is 5. The van der Waals surface area contributed by atoms with Crippen molar-refractivity contribution < 1.29 is 59.2 Å². The van der Waals surface area contributed by atoms with Crippen LogP contribution in [0.2, 0.25) is 0 Å². The third-order valence-electron chi connectivity index (χ3n) is 5.61. The molecule has 6 N–H and O–H groups in total. The van der Waals surface area contributed by atoms with Crippen LogP contribution < -0.4 is 14.2 Å². The van der Waals surface area contributed by atoms with E-state index in [9.17, 15) is 35.1 Å². The standard InChI is InChI=1S/C22H22O12/c1-31-13-3-2-8(4-10(13)23)14-7-12(25)16-11(24)5-9(6-15(16)33-14)32-22-19(28)17(26)18(27)20(34-22)21(29)30/h2-6,14,17-20,22-24,26-28H,7H2,1H3,(H,29,30)/t14?,17-,18-,19+,20-,22+/m0/s1. The van der Waals surface area contributed by atoms with Crippen molar-refractivity contribution in [3.05, 3.63) is 41.5 Å². The molecule has 0 bridgehead atoms. The molecular formula is C22H22O12. The van der Waals surface area contributed by atoms with Gasteiger partial charge in [0.1, 0.15) is 47.2 Å². The van der Waals surface area contributed by atoms with Crippen LogP contribution in [0, 0.1) is 0 Å². The maximum Gasteiger partial charge on any atom is 0.335 e. The van der Waals surface area contributed by atoms with Crippen molar-refractivity contribution in [2.24, 2.45) is 0 Å². The molecule has 1 fully saturated rings. The molecule has 0 aromatic heterocycles. The van der Waals surface area contributed by atoms with Gasteiger partial charge in [-0.05, 0) is 17.7 Å². The van der Waals surface area contributed by atoms with E-state index >= 15 is 0 Å². The first kappa shape index (κ1) is 23.6. The van der Waals surface area contributed by atoms with E-state index in [1.54, 1.807) is 6.07 Å². The molecule has 2 heterocycles. The fraction of sp³-hybridized carbons (Fsp3) is 0.364. The molecule has 0 aliphatic carbocycles. The number of methoxy groups -OCH3 is 1. The quantitative estimate of drug-likeness (QED) is 0.340. The number of aliphatic hydroxyl groups is 3. The summed E-state index contributed by atoms with van der Waals surface area (Å²) >= 11 is 0. The minimum absolute atomic E-state index is 0.0628.